The number of rotatable bonds is 3. The molecule has 0 saturated heterocycles. The normalized spacial score (nSPS) is 12.7. The molecule has 0 amide bonds. The monoisotopic (exact) mass is 268 g/mol. The highest BCUT2D eigenvalue weighted by Gasteiger charge is 2.18. The molecule has 6 heteroatoms. The molecule has 2 heterocycles. The summed E-state index contributed by atoms with van der Waals surface area (Å²) in [6.07, 6.45) is 1.52. The summed E-state index contributed by atoms with van der Waals surface area (Å²) in [7, 11) is 1.30. The molecule has 0 bridgehead atoms. The summed E-state index contributed by atoms with van der Waals surface area (Å²) in [6.45, 7) is 1.66. The number of methoxy groups -OCH3 is 1. The Morgan fingerprint density at radius 2 is 2.39 bits per heavy atom. The second kappa shape index (κ2) is 4.96. The molecule has 0 saturated carbocycles. The molecule has 0 aromatic carbocycles. The van der Waals surface area contributed by atoms with Gasteiger partial charge in [-0.2, -0.15) is 0 Å². The van der Waals surface area contributed by atoms with Crippen LogP contribution in [0.2, 0.25) is 5.02 Å². The van der Waals surface area contributed by atoms with Crippen molar-refractivity contribution in [1.82, 2.24) is 9.38 Å². The van der Waals surface area contributed by atoms with E-state index in [-0.39, 0.29) is 5.69 Å². The molecule has 0 aliphatic carbocycles. The number of aliphatic hydroxyl groups is 1. The standard InChI is InChI=1S/C12H13ClN2O3/c1-7(16)5-10-14-11(12(17)18-2)9-6-8(13)3-4-15(9)10/h3-4,6-7,16H,5H2,1-2H3. The van der Waals surface area contributed by atoms with Crippen LogP contribution in [0.25, 0.3) is 5.52 Å². The van der Waals surface area contributed by atoms with E-state index in [1.807, 2.05) is 0 Å². The van der Waals surface area contributed by atoms with Gasteiger partial charge in [0, 0.05) is 17.6 Å². The van der Waals surface area contributed by atoms with Crippen molar-refractivity contribution in [3.05, 3.63) is 34.9 Å². The van der Waals surface area contributed by atoms with E-state index in [2.05, 4.69) is 9.72 Å². The first-order valence-corrected chi connectivity index (χ1v) is 5.83. The third kappa shape index (κ3) is 2.32. The highest BCUT2D eigenvalue weighted by molar-refractivity contribution is 6.31. The van der Waals surface area contributed by atoms with Crippen LogP contribution in [0.5, 0.6) is 0 Å². The minimum Gasteiger partial charge on any atom is -0.464 e. The molecule has 1 N–H and O–H groups in total. The SMILES string of the molecule is COC(=O)c1nc(CC(C)O)n2ccc(Cl)cc12. The van der Waals surface area contributed by atoms with Gasteiger partial charge in [-0.05, 0) is 19.1 Å². The van der Waals surface area contributed by atoms with Gasteiger partial charge in [0.15, 0.2) is 5.69 Å². The van der Waals surface area contributed by atoms with Gasteiger partial charge in [-0.15, -0.1) is 0 Å². The van der Waals surface area contributed by atoms with E-state index in [4.69, 9.17) is 11.6 Å². The lowest BCUT2D eigenvalue weighted by atomic mass is 10.3. The predicted molar refractivity (Wildman–Crippen MR) is 66.9 cm³/mol. The minimum atomic E-state index is -0.545. The summed E-state index contributed by atoms with van der Waals surface area (Å²) in [5.74, 6) is 0.0728. The Bertz CT molecular complexity index is 592. The maximum absolute atomic E-state index is 11.6. The summed E-state index contributed by atoms with van der Waals surface area (Å²) in [6, 6.07) is 3.34. The molecule has 0 aliphatic heterocycles. The third-order valence-corrected chi connectivity index (χ3v) is 2.77. The lowest BCUT2D eigenvalue weighted by Crippen LogP contribution is -2.08. The molecule has 96 valence electrons. The molecule has 18 heavy (non-hydrogen) atoms. The number of hydrogen-bond acceptors (Lipinski definition) is 4. The van der Waals surface area contributed by atoms with Crippen molar-refractivity contribution in [2.75, 3.05) is 7.11 Å². The van der Waals surface area contributed by atoms with Gasteiger partial charge in [0.1, 0.15) is 5.82 Å². The van der Waals surface area contributed by atoms with Gasteiger partial charge in [0.25, 0.3) is 0 Å². The number of nitrogens with zero attached hydrogens (tertiary/aromatic N) is 2. The Kier molecular flexibility index (Phi) is 3.54. The Balaban J connectivity index is 2.63. The van der Waals surface area contributed by atoms with Gasteiger partial charge in [-0.25, -0.2) is 9.78 Å². The predicted octanol–water partition coefficient (Wildman–Crippen LogP) is 1.70. The second-order valence-electron chi connectivity index (χ2n) is 4.02. The fourth-order valence-corrected chi connectivity index (χ4v) is 1.94. The minimum absolute atomic E-state index is 0.204. The van der Waals surface area contributed by atoms with Crippen LogP contribution in [0.15, 0.2) is 18.3 Å². The first-order chi connectivity index (χ1) is 8.52. The van der Waals surface area contributed by atoms with Gasteiger partial charge in [0.05, 0.1) is 18.7 Å². The molecule has 0 fully saturated rings. The summed E-state index contributed by atoms with van der Waals surface area (Å²) in [5.41, 5.74) is 0.778. The van der Waals surface area contributed by atoms with Crippen molar-refractivity contribution in [2.45, 2.75) is 19.4 Å². The van der Waals surface area contributed by atoms with Crippen LogP contribution < -0.4 is 0 Å². The fraction of sp³-hybridized carbons (Fsp3) is 0.333. The first kappa shape index (κ1) is 12.9. The van der Waals surface area contributed by atoms with E-state index >= 15 is 0 Å². The molecule has 1 atom stereocenters. The number of aromatic nitrogens is 2. The van der Waals surface area contributed by atoms with Crippen molar-refractivity contribution < 1.29 is 14.6 Å². The van der Waals surface area contributed by atoms with Gasteiger partial charge in [0.2, 0.25) is 0 Å². The topological polar surface area (TPSA) is 63.8 Å². The Morgan fingerprint density at radius 3 is 3.00 bits per heavy atom. The van der Waals surface area contributed by atoms with E-state index in [1.54, 1.807) is 29.7 Å². The average Bonchev–Trinajstić information content (AvgIpc) is 2.65. The number of esters is 1. The number of imidazole rings is 1. The second-order valence-corrected chi connectivity index (χ2v) is 4.46. The van der Waals surface area contributed by atoms with Gasteiger partial charge >= 0.3 is 5.97 Å². The van der Waals surface area contributed by atoms with Crippen molar-refractivity contribution in [1.29, 1.82) is 0 Å². The van der Waals surface area contributed by atoms with Gasteiger partial charge in [-0.3, -0.25) is 0 Å². The van der Waals surface area contributed by atoms with Gasteiger partial charge < -0.3 is 14.2 Å². The summed E-state index contributed by atoms with van der Waals surface area (Å²) >= 11 is 5.91. The van der Waals surface area contributed by atoms with Crippen LogP contribution in [0.3, 0.4) is 0 Å². The Labute approximate surface area is 109 Å². The molecule has 2 aromatic heterocycles. The molecule has 0 aliphatic rings. The molecular formula is C12H13ClN2O3. The number of carbonyl (C=O) groups excluding carboxylic acids is 1. The summed E-state index contributed by atoms with van der Waals surface area (Å²) in [4.78, 5) is 15.8. The van der Waals surface area contributed by atoms with E-state index in [9.17, 15) is 9.90 Å². The molecule has 2 aromatic rings. The zero-order chi connectivity index (χ0) is 13.3. The Hall–Kier alpha value is -1.59. The average molecular weight is 269 g/mol. The number of pyridine rings is 1. The molecule has 2 rings (SSSR count). The number of halogens is 1. The molecule has 5 nitrogen and oxygen atoms in total. The molecular weight excluding hydrogens is 256 g/mol. The molecule has 0 spiro atoms. The highest BCUT2D eigenvalue weighted by Crippen LogP contribution is 2.19. The van der Waals surface area contributed by atoms with E-state index in [1.165, 1.54) is 7.11 Å². The maximum atomic E-state index is 11.6. The maximum Gasteiger partial charge on any atom is 0.358 e. The van der Waals surface area contributed by atoms with Crippen molar-refractivity contribution >= 4 is 23.1 Å². The number of aliphatic hydroxyl groups excluding tert-OH is 1. The summed E-state index contributed by atoms with van der Waals surface area (Å²) in [5, 5.41) is 9.94. The highest BCUT2D eigenvalue weighted by atomic mass is 35.5. The molecule has 1 unspecified atom stereocenters. The first-order valence-electron chi connectivity index (χ1n) is 5.45. The van der Waals surface area contributed by atoms with Crippen LogP contribution in [-0.4, -0.2) is 33.7 Å². The number of hydrogen-bond donors (Lipinski definition) is 1. The third-order valence-electron chi connectivity index (χ3n) is 2.54. The lowest BCUT2D eigenvalue weighted by Gasteiger charge is -2.03. The smallest absolute Gasteiger partial charge is 0.358 e. The van der Waals surface area contributed by atoms with E-state index in [0.29, 0.717) is 22.8 Å². The van der Waals surface area contributed by atoms with Crippen LogP contribution in [-0.2, 0) is 11.2 Å². The van der Waals surface area contributed by atoms with Crippen LogP contribution in [0.1, 0.15) is 23.2 Å². The van der Waals surface area contributed by atoms with E-state index < -0.39 is 12.1 Å². The van der Waals surface area contributed by atoms with E-state index in [0.717, 1.165) is 0 Å². The van der Waals surface area contributed by atoms with Gasteiger partial charge in [-0.1, -0.05) is 11.6 Å². The Morgan fingerprint density at radius 1 is 1.67 bits per heavy atom. The van der Waals surface area contributed by atoms with Crippen molar-refractivity contribution in [3.63, 3.8) is 0 Å². The van der Waals surface area contributed by atoms with Crippen LogP contribution in [0, 0.1) is 0 Å². The zero-order valence-electron chi connectivity index (χ0n) is 10.1. The zero-order valence-corrected chi connectivity index (χ0v) is 10.8. The quantitative estimate of drug-likeness (QED) is 0.861. The van der Waals surface area contributed by atoms with Crippen molar-refractivity contribution in [2.24, 2.45) is 0 Å². The number of ether oxygens (including phenoxy) is 1. The number of carbonyl (C=O) groups is 1. The lowest BCUT2D eigenvalue weighted by molar-refractivity contribution is 0.0596. The van der Waals surface area contributed by atoms with Crippen molar-refractivity contribution in [3.8, 4) is 0 Å². The fourth-order valence-electron chi connectivity index (χ4n) is 1.78. The van der Waals surface area contributed by atoms with Crippen LogP contribution >= 0.6 is 11.6 Å². The van der Waals surface area contributed by atoms with Crippen LogP contribution in [0.4, 0.5) is 0 Å². The summed E-state index contributed by atoms with van der Waals surface area (Å²) < 4.78 is 6.41. The number of fused-ring (bicyclic) bond motifs is 1. The molecule has 0 radical (unpaired) electrons. The largest absolute Gasteiger partial charge is 0.464 e.